The van der Waals surface area contributed by atoms with Gasteiger partial charge < -0.3 is 9.47 Å². The van der Waals surface area contributed by atoms with Gasteiger partial charge in [-0.05, 0) is 6.92 Å². The van der Waals surface area contributed by atoms with Crippen molar-refractivity contribution in [1.82, 2.24) is 0 Å². The van der Waals surface area contributed by atoms with Crippen molar-refractivity contribution >= 4 is 5.97 Å². The highest BCUT2D eigenvalue weighted by atomic mass is 19.4. The van der Waals surface area contributed by atoms with E-state index in [9.17, 15) is 39.9 Å². The zero-order valence-electron chi connectivity index (χ0n) is 14.7. The van der Waals surface area contributed by atoms with Gasteiger partial charge in [-0.15, -0.1) is 0 Å². The Labute approximate surface area is 158 Å². The molecule has 2 rings (SSSR count). The summed E-state index contributed by atoms with van der Waals surface area (Å²) in [5.41, 5.74) is -6.02. The molecular weight excluding hydrogens is 416 g/mol. The summed E-state index contributed by atoms with van der Waals surface area (Å²) in [4.78, 5) is 12.4. The van der Waals surface area contributed by atoms with Crippen molar-refractivity contribution in [2.75, 3.05) is 7.11 Å². The van der Waals surface area contributed by atoms with Crippen LogP contribution in [-0.2, 0) is 19.9 Å². The molecule has 0 radical (unpaired) electrons. The average molecular weight is 428 g/mol. The second kappa shape index (κ2) is 7.97. The smallest absolute Gasteiger partial charge is 0.432 e. The predicted octanol–water partition coefficient (Wildman–Crippen LogP) is 5.09. The monoisotopic (exact) mass is 428 g/mol. The second-order valence-electron chi connectivity index (χ2n) is 5.78. The van der Waals surface area contributed by atoms with E-state index in [0.717, 1.165) is 24.3 Å². The Hall–Kier alpha value is -2.69. The number of hydrogen-bond acceptors (Lipinski definition) is 3. The van der Waals surface area contributed by atoms with Crippen molar-refractivity contribution in [2.24, 2.45) is 0 Å². The van der Waals surface area contributed by atoms with Gasteiger partial charge in [0.25, 0.3) is 5.60 Å². The fourth-order valence-electron chi connectivity index (χ4n) is 2.67. The number of carbonyl (C=O) groups excluding carboxylic acids is 1. The van der Waals surface area contributed by atoms with Crippen LogP contribution in [0.15, 0.2) is 30.3 Å². The lowest BCUT2D eigenvalue weighted by molar-refractivity contribution is -0.278. The number of benzene rings is 2. The van der Waals surface area contributed by atoms with Gasteiger partial charge in [0.15, 0.2) is 23.3 Å². The Morgan fingerprint density at radius 1 is 0.862 bits per heavy atom. The summed E-state index contributed by atoms with van der Waals surface area (Å²) in [5.74, 6) is -14.0. The van der Waals surface area contributed by atoms with Crippen LogP contribution in [0, 0.1) is 29.1 Å². The molecule has 0 spiro atoms. The van der Waals surface area contributed by atoms with Crippen LogP contribution in [0.3, 0.4) is 0 Å². The molecule has 3 nitrogen and oxygen atoms in total. The first-order valence-electron chi connectivity index (χ1n) is 7.79. The van der Waals surface area contributed by atoms with Gasteiger partial charge in [-0.2, -0.15) is 13.2 Å². The predicted molar refractivity (Wildman–Crippen MR) is 81.9 cm³/mol. The first-order valence-corrected chi connectivity index (χ1v) is 7.79. The molecular formula is C18H12F8O3. The molecule has 0 aliphatic carbocycles. The van der Waals surface area contributed by atoms with E-state index in [0.29, 0.717) is 14.0 Å². The van der Waals surface area contributed by atoms with E-state index in [2.05, 4.69) is 9.47 Å². The van der Waals surface area contributed by atoms with Crippen LogP contribution in [0.25, 0.3) is 0 Å². The van der Waals surface area contributed by atoms with E-state index < -0.39 is 64.1 Å². The molecule has 0 saturated carbocycles. The number of alkyl halides is 3. The third kappa shape index (κ3) is 3.66. The molecule has 0 saturated heterocycles. The molecule has 0 heterocycles. The zero-order valence-corrected chi connectivity index (χ0v) is 14.7. The van der Waals surface area contributed by atoms with Crippen LogP contribution < -0.4 is 0 Å². The largest absolute Gasteiger partial charge is 0.455 e. The fourth-order valence-corrected chi connectivity index (χ4v) is 2.67. The highest BCUT2D eigenvalue weighted by Crippen LogP contribution is 2.44. The van der Waals surface area contributed by atoms with E-state index in [1.165, 1.54) is 6.07 Å². The van der Waals surface area contributed by atoms with Crippen LogP contribution in [0.4, 0.5) is 35.1 Å². The Morgan fingerprint density at radius 3 is 1.72 bits per heavy atom. The Bertz CT molecular complexity index is 885. The third-order valence-corrected chi connectivity index (χ3v) is 4.11. The first-order chi connectivity index (χ1) is 13.4. The summed E-state index contributed by atoms with van der Waals surface area (Å²) in [7, 11) is 0.546. The molecule has 11 heteroatoms. The number of hydrogen-bond donors (Lipinski definition) is 0. The van der Waals surface area contributed by atoms with Crippen molar-refractivity contribution < 1.29 is 49.4 Å². The van der Waals surface area contributed by atoms with Gasteiger partial charge >= 0.3 is 12.1 Å². The highest BCUT2D eigenvalue weighted by Gasteiger charge is 2.64. The molecule has 2 aromatic carbocycles. The van der Waals surface area contributed by atoms with E-state index in [1.54, 1.807) is 0 Å². The van der Waals surface area contributed by atoms with Crippen LogP contribution in [0.1, 0.15) is 24.2 Å². The number of halogens is 8. The van der Waals surface area contributed by atoms with Crippen molar-refractivity contribution in [1.29, 1.82) is 0 Å². The average Bonchev–Trinajstić information content (AvgIpc) is 2.65. The number of esters is 1. The molecule has 0 aromatic heterocycles. The first kappa shape index (κ1) is 22.6. The van der Waals surface area contributed by atoms with Crippen LogP contribution >= 0.6 is 0 Å². The topological polar surface area (TPSA) is 35.5 Å². The van der Waals surface area contributed by atoms with E-state index >= 15 is 0 Å². The molecule has 2 aromatic rings. The quantitative estimate of drug-likeness (QED) is 0.288. The molecule has 1 unspecified atom stereocenters. The van der Waals surface area contributed by atoms with Crippen molar-refractivity contribution in [3.8, 4) is 0 Å². The molecule has 0 aliphatic rings. The van der Waals surface area contributed by atoms with Crippen LogP contribution in [0.2, 0.25) is 0 Å². The lowest BCUT2D eigenvalue weighted by Crippen LogP contribution is -2.52. The molecule has 29 heavy (non-hydrogen) atoms. The molecule has 158 valence electrons. The van der Waals surface area contributed by atoms with E-state index in [4.69, 9.17) is 0 Å². The van der Waals surface area contributed by atoms with Gasteiger partial charge in [-0.25, -0.2) is 26.7 Å². The maximum absolute atomic E-state index is 13.9. The standard InChI is InChI=1S/C18H12F8O3/c1-8(10-11(19)13(21)15(23)14(22)12(10)20)29-16(27)17(28-2,18(24,25)26)9-6-4-3-5-7-9/h3-8H,1-2H3/t8?,17-/m1/s1. The van der Waals surface area contributed by atoms with Gasteiger partial charge in [-0.1, -0.05) is 30.3 Å². The minimum Gasteiger partial charge on any atom is -0.455 e. The van der Waals surface area contributed by atoms with Gasteiger partial charge in [0.2, 0.25) is 5.82 Å². The van der Waals surface area contributed by atoms with E-state index in [1.807, 2.05) is 0 Å². The van der Waals surface area contributed by atoms with Crippen molar-refractivity contribution in [2.45, 2.75) is 24.8 Å². The fraction of sp³-hybridized carbons (Fsp3) is 0.278. The number of methoxy groups -OCH3 is 1. The Morgan fingerprint density at radius 2 is 1.31 bits per heavy atom. The third-order valence-electron chi connectivity index (χ3n) is 4.11. The van der Waals surface area contributed by atoms with Crippen molar-refractivity contribution in [3.05, 3.63) is 70.5 Å². The number of carbonyl (C=O) groups is 1. The molecule has 0 amide bonds. The maximum Gasteiger partial charge on any atom is 0.432 e. The Kier molecular flexibility index (Phi) is 6.21. The molecule has 0 bridgehead atoms. The minimum atomic E-state index is -5.39. The molecule has 0 N–H and O–H groups in total. The summed E-state index contributed by atoms with van der Waals surface area (Å²) in [5, 5.41) is 0. The molecule has 0 fully saturated rings. The summed E-state index contributed by atoms with van der Waals surface area (Å²) in [6.45, 7) is 0.651. The van der Waals surface area contributed by atoms with Crippen LogP contribution in [-0.4, -0.2) is 19.3 Å². The number of ether oxygens (including phenoxy) is 2. The van der Waals surface area contributed by atoms with Crippen molar-refractivity contribution in [3.63, 3.8) is 0 Å². The van der Waals surface area contributed by atoms with E-state index in [-0.39, 0.29) is 0 Å². The summed E-state index contributed by atoms with van der Waals surface area (Å²) < 4.78 is 118. The maximum atomic E-state index is 13.9. The van der Waals surface area contributed by atoms with Crippen LogP contribution in [0.5, 0.6) is 0 Å². The second-order valence-corrected chi connectivity index (χ2v) is 5.78. The minimum absolute atomic E-state index is 0.546. The van der Waals surface area contributed by atoms with Gasteiger partial charge in [0.1, 0.15) is 6.10 Å². The van der Waals surface area contributed by atoms with Gasteiger partial charge in [0, 0.05) is 12.7 Å². The number of rotatable bonds is 5. The summed E-state index contributed by atoms with van der Waals surface area (Å²) in [6, 6.07) is 5.46. The van der Waals surface area contributed by atoms with Gasteiger partial charge in [0.05, 0.1) is 5.56 Å². The lowest BCUT2D eigenvalue weighted by atomic mass is 9.92. The van der Waals surface area contributed by atoms with Gasteiger partial charge in [-0.3, -0.25) is 0 Å². The normalized spacial score (nSPS) is 15.0. The summed E-state index contributed by atoms with van der Waals surface area (Å²) in [6.07, 6.45) is -7.66. The molecule has 2 atom stereocenters. The summed E-state index contributed by atoms with van der Waals surface area (Å²) >= 11 is 0. The SMILES string of the molecule is CO[C@@](C(=O)OC(C)c1c(F)c(F)c(F)c(F)c1F)(c1ccccc1)C(F)(F)F. The zero-order chi connectivity index (χ0) is 22.1. The molecule has 0 aliphatic heterocycles. The highest BCUT2D eigenvalue weighted by molar-refractivity contribution is 5.83. The lowest BCUT2D eigenvalue weighted by Gasteiger charge is -2.33. The Balaban J connectivity index is 2.54.